The Morgan fingerprint density at radius 3 is 2.71 bits per heavy atom. The van der Waals surface area contributed by atoms with Crippen LogP contribution in [0.25, 0.3) is 0 Å². The van der Waals surface area contributed by atoms with Crippen LogP contribution in [0.5, 0.6) is 0 Å². The van der Waals surface area contributed by atoms with Crippen LogP contribution in [0.1, 0.15) is 17.4 Å². The number of nitrogens with one attached hydrogen (secondary N) is 1. The van der Waals surface area contributed by atoms with Crippen molar-refractivity contribution in [2.24, 2.45) is 0 Å². The van der Waals surface area contributed by atoms with Crippen molar-refractivity contribution < 1.29 is 24.3 Å². The van der Waals surface area contributed by atoms with Crippen LogP contribution in [-0.2, 0) is 14.4 Å². The highest BCUT2D eigenvalue weighted by atomic mass is 16.7. The van der Waals surface area contributed by atoms with Crippen molar-refractivity contribution in [1.29, 1.82) is 0 Å². The van der Waals surface area contributed by atoms with Crippen LogP contribution in [0.4, 0.5) is 11.8 Å². The van der Waals surface area contributed by atoms with Crippen LogP contribution in [0.2, 0.25) is 0 Å². The summed E-state index contributed by atoms with van der Waals surface area (Å²) in [6.45, 7) is 4.33. The Balaban J connectivity index is 2.14. The maximum atomic E-state index is 11.9. The van der Waals surface area contributed by atoms with Crippen LogP contribution in [0, 0.1) is 0 Å². The number of hydrogen-bond donors (Lipinski definition) is 2. The largest absolute Gasteiger partial charge is 0.477 e. The Kier molecular flexibility index (Phi) is 6.27. The minimum atomic E-state index is -1.16. The number of likely N-dealkylation sites (N-methyl/N-ethyl adjacent to an activating group) is 1. The van der Waals surface area contributed by atoms with Crippen LogP contribution < -0.4 is 10.2 Å². The van der Waals surface area contributed by atoms with Gasteiger partial charge in [-0.15, -0.1) is 0 Å². The van der Waals surface area contributed by atoms with E-state index in [4.69, 9.17) is 9.57 Å². The summed E-state index contributed by atoms with van der Waals surface area (Å²) in [6.07, 6.45) is 0. The normalized spacial score (nSPS) is 14.3. The smallest absolute Gasteiger partial charge is 0.354 e. The van der Waals surface area contributed by atoms with E-state index in [0.29, 0.717) is 38.8 Å². The van der Waals surface area contributed by atoms with Gasteiger partial charge in [0.1, 0.15) is 5.82 Å². The van der Waals surface area contributed by atoms with Crippen molar-refractivity contribution in [3.05, 3.63) is 11.8 Å². The summed E-state index contributed by atoms with van der Waals surface area (Å²) in [5.41, 5.74) is -0.138. The lowest BCUT2D eigenvalue weighted by atomic mass is 10.3. The Morgan fingerprint density at radius 1 is 1.42 bits per heavy atom. The van der Waals surface area contributed by atoms with E-state index in [2.05, 4.69) is 15.3 Å². The number of hydrogen-bond acceptors (Lipinski definition) is 8. The third-order valence-electron chi connectivity index (χ3n) is 3.43. The summed E-state index contributed by atoms with van der Waals surface area (Å²) < 4.78 is 5.27. The summed E-state index contributed by atoms with van der Waals surface area (Å²) in [6, 6.07) is 1.29. The number of nitrogens with zero attached hydrogens (tertiary/aromatic N) is 4. The van der Waals surface area contributed by atoms with Gasteiger partial charge >= 0.3 is 5.97 Å². The monoisotopic (exact) mass is 339 g/mol. The highest BCUT2D eigenvalue weighted by Gasteiger charge is 2.18. The van der Waals surface area contributed by atoms with Crippen molar-refractivity contribution >= 4 is 23.6 Å². The van der Waals surface area contributed by atoms with Crippen LogP contribution in [-0.4, -0.2) is 78.5 Å². The first-order valence-corrected chi connectivity index (χ1v) is 7.58. The number of carbonyl (C=O) groups excluding carboxylic acids is 1. The molecule has 2 heterocycles. The number of aromatic carboxylic acids is 1. The number of rotatable bonds is 7. The second-order valence-corrected chi connectivity index (χ2v) is 4.97. The number of carboxylic acids is 1. The van der Waals surface area contributed by atoms with Crippen molar-refractivity contribution in [2.45, 2.75) is 6.92 Å². The summed E-state index contributed by atoms with van der Waals surface area (Å²) in [4.78, 5) is 38.3. The third kappa shape index (κ3) is 4.52. The van der Waals surface area contributed by atoms with Gasteiger partial charge < -0.3 is 20.1 Å². The number of aromatic nitrogens is 2. The van der Waals surface area contributed by atoms with Gasteiger partial charge in [0.2, 0.25) is 5.95 Å². The number of amides is 1. The summed E-state index contributed by atoms with van der Waals surface area (Å²) in [5.74, 6) is -0.881. The quantitative estimate of drug-likeness (QED) is 0.653. The van der Waals surface area contributed by atoms with E-state index in [0.717, 1.165) is 0 Å². The molecule has 0 bridgehead atoms. The lowest BCUT2D eigenvalue weighted by molar-refractivity contribution is -0.172. The molecule has 1 saturated heterocycles. The number of hydroxylamine groups is 2. The molecule has 0 saturated carbocycles. The zero-order valence-corrected chi connectivity index (χ0v) is 13.7. The van der Waals surface area contributed by atoms with E-state index < -0.39 is 5.97 Å². The molecule has 2 N–H and O–H groups in total. The molecule has 24 heavy (non-hydrogen) atoms. The van der Waals surface area contributed by atoms with Gasteiger partial charge in [-0.05, 0) is 6.92 Å². The lowest BCUT2D eigenvalue weighted by Crippen LogP contribution is -2.38. The molecule has 1 aromatic rings. The molecule has 1 aromatic heterocycles. The number of carboxylic acid groups (broad SMARTS) is 1. The predicted molar refractivity (Wildman–Crippen MR) is 84.9 cm³/mol. The van der Waals surface area contributed by atoms with Gasteiger partial charge in [0.05, 0.1) is 26.9 Å². The van der Waals surface area contributed by atoms with E-state index in [1.54, 1.807) is 6.92 Å². The molecular weight excluding hydrogens is 318 g/mol. The standard InChI is InChI=1S/C14H21N5O5/c1-3-19(23-2)12(20)9-15-11-8-10(13(21)22)16-14(17-11)18-4-6-24-7-5-18/h8H,3-7,9H2,1-2H3,(H,21,22)(H,15,16,17). The molecule has 0 unspecified atom stereocenters. The Bertz CT molecular complexity index is 587. The van der Waals surface area contributed by atoms with Crippen LogP contribution in [0.15, 0.2) is 6.07 Å². The molecule has 132 valence electrons. The molecule has 10 nitrogen and oxygen atoms in total. The lowest BCUT2D eigenvalue weighted by Gasteiger charge is -2.27. The topological polar surface area (TPSA) is 117 Å². The molecule has 1 fully saturated rings. The Labute approximate surface area is 139 Å². The number of carbonyl (C=O) groups is 2. The van der Waals surface area contributed by atoms with Gasteiger partial charge in [0, 0.05) is 25.7 Å². The molecule has 1 aliphatic rings. The van der Waals surface area contributed by atoms with Crippen molar-refractivity contribution in [3.8, 4) is 0 Å². The SMILES string of the molecule is CCN(OC)C(=O)CNc1cc(C(=O)O)nc(N2CCOCC2)n1. The average Bonchev–Trinajstić information content (AvgIpc) is 2.61. The maximum absolute atomic E-state index is 11.9. The summed E-state index contributed by atoms with van der Waals surface area (Å²) in [5, 5.41) is 13.2. The molecule has 0 aromatic carbocycles. The summed E-state index contributed by atoms with van der Waals surface area (Å²) >= 11 is 0. The van der Waals surface area contributed by atoms with Crippen LogP contribution in [0.3, 0.4) is 0 Å². The van der Waals surface area contributed by atoms with Crippen molar-refractivity contribution in [3.63, 3.8) is 0 Å². The van der Waals surface area contributed by atoms with Crippen molar-refractivity contribution in [2.75, 3.05) is 56.7 Å². The zero-order valence-electron chi connectivity index (χ0n) is 13.7. The van der Waals surface area contributed by atoms with E-state index in [1.165, 1.54) is 18.2 Å². The minimum Gasteiger partial charge on any atom is -0.477 e. The maximum Gasteiger partial charge on any atom is 0.354 e. The van der Waals surface area contributed by atoms with E-state index in [1.807, 2.05) is 4.90 Å². The molecule has 0 aliphatic carbocycles. The molecular formula is C14H21N5O5. The van der Waals surface area contributed by atoms with E-state index >= 15 is 0 Å². The third-order valence-corrected chi connectivity index (χ3v) is 3.43. The van der Waals surface area contributed by atoms with Gasteiger partial charge in [0.15, 0.2) is 5.69 Å². The highest BCUT2D eigenvalue weighted by molar-refractivity contribution is 5.87. The molecule has 1 amide bonds. The molecule has 0 radical (unpaired) electrons. The number of anilines is 2. The molecule has 0 spiro atoms. The number of morpholine rings is 1. The second-order valence-electron chi connectivity index (χ2n) is 4.97. The minimum absolute atomic E-state index is 0.0691. The molecule has 2 rings (SSSR count). The van der Waals surface area contributed by atoms with Crippen LogP contribution >= 0.6 is 0 Å². The fraction of sp³-hybridized carbons (Fsp3) is 0.571. The van der Waals surface area contributed by atoms with Gasteiger partial charge in [-0.3, -0.25) is 9.63 Å². The highest BCUT2D eigenvalue weighted by Crippen LogP contribution is 2.15. The fourth-order valence-electron chi connectivity index (χ4n) is 2.20. The summed E-state index contributed by atoms with van der Waals surface area (Å²) in [7, 11) is 1.41. The molecule has 1 aliphatic heterocycles. The first-order valence-electron chi connectivity index (χ1n) is 7.58. The van der Waals surface area contributed by atoms with Crippen molar-refractivity contribution in [1.82, 2.24) is 15.0 Å². The second kappa shape index (κ2) is 8.41. The molecule has 10 heteroatoms. The van der Waals surface area contributed by atoms with E-state index in [-0.39, 0.29) is 24.0 Å². The Hall–Kier alpha value is -2.46. The molecule has 0 atom stereocenters. The first-order chi connectivity index (χ1) is 11.5. The van der Waals surface area contributed by atoms with Gasteiger partial charge in [0.25, 0.3) is 5.91 Å². The predicted octanol–water partition coefficient (Wildman–Crippen LogP) is -0.167. The first kappa shape index (κ1) is 17.9. The number of ether oxygens (including phenoxy) is 1. The van der Waals surface area contributed by atoms with Gasteiger partial charge in [-0.2, -0.15) is 4.98 Å². The average molecular weight is 339 g/mol. The van der Waals surface area contributed by atoms with E-state index in [9.17, 15) is 14.7 Å². The van der Waals surface area contributed by atoms with Gasteiger partial charge in [-0.25, -0.2) is 14.8 Å². The zero-order chi connectivity index (χ0) is 17.5. The Morgan fingerprint density at radius 2 is 2.12 bits per heavy atom. The fourth-order valence-corrected chi connectivity index (χ4v) is 2.20. The van der Waals surface area contributed by atoms with Gasteiger partial charge in [-0.1, -0.05) is 0 Å².